The van der Waals surface area contributed by atoms with E-state index in [0.717, 1.165) is 0 Å². The van der Waals surface area contributed by atoms with E-state index in [1.165, 1.54) is 36.6 Å². The zero-order valence-corrected chi connectivity index (χ0v) is 18.7. The van der Waals surface area contributed by atoms with Crippen LogP contribution in [0.3, 0.4) is 0 Å². The minimum Gasteiger partial charge on any atom is -0.481 e. The summed E-state index contributed by atoms with van der Waals surface area (Å²) in [7, 11) is 0. The Morgan fingerprint density at radius 2 is 1.64 bits per heavy atom. The SMILES string of the molecule is O=C(O)COc1ccccc1/C=N\NC(=O)/C(=C/c1ccc([N+](=O)[O-])cc1)NC(=O)c1ccccc1. The molecule has 36 heavy (non-hydrogen) atoms. The summed E-state index contributed by atoms with van der Waals surface area (Å²) in [4.78, 5) is 46.6. The number of ether oxygens (including phenoxy) is 1. The molecule has 3 aromatic carbocycles. The van der Waals surface area contributed by atoms with E-state index < -0.39 is 29.3 Å². The average molecular weight is 488 g/mol. The molecule has 0 unspecified atom stereocenters. The summed E-state index contributed by atoms with van der Waals surface area (Å²) in [5, 5.41) is 26.1. The summed E-state index contributed by atoms with van der Waals surface area (Å²) >= 11 is 0. The number of benzene rings is 3. The molecule has 0 aliphatic rings. The van der Waals surface area contributed by atoms with Crippen molar-refractivity contribution in [2.24, 2.45) is 5.10 Å². The minimum absolute atomic E-state index is 0.125. The maximum absolute atomic E-state index is 12.9. The fraction of sp³-hybridized carbons (Fsp3) is 0.0400. The molecule has 0 atom stereocenters. The Hall–Kier alpha value is -5.32. The van der Waals surface area contributed by atoms with Crippen molar-refractivity contribution in [2.45, 2.75) is 0 Å². The molecule has 0 aliphatic heterocycles. The third-order valence-electron chi connectivity index (χ3n) is 4.58. The number of nitrogens with one attached hydrogen (secondary N) is 2. The van der Waals surface area contributed by atoms with Gasteiger partial charge in [0.15, 0.2) is 6.61 Å². The van der Waals surface area contributed by atoms with Crippen molar-refractivity contribution in [3.63, 3.8) is 0 Å². The molecule has 3 rings (SSSR count). The number of carbonyl (C=O) groups is 3. The molecule has 3 aromatic rings. The monoisotopic (exact) mass is 488 g/mol. The van der Waals surface area contributed by atoms with Gasteiger partial charge in [0.1, 0.15) is 11.4 Å². The highest BCUT2D eigenvalue weighted by molar-refractivity contribution is 6.05. The van der Waals surface area contributed by atoms with Crippen LogP contribution < -0.4 is 15.5 Å². The van der Waals surface area contributed by atoms with E-state index in [4.69, 9.17) is 9.84 Å². The predicted octanol–water partition coefficient (Wildman–Crippen LogP) is 2.98. The van der Waals surface area contributed by atoms with Gasteiger partial charge in [0.2, 0.25) is 0 Å². The number of amides is 2. The van der Waals surface area contributed by atoms with Gasteiger partial charge < -0.3 is 15.2 Å². The topological polar surface area (TPSA) is 160 Å². The van der Waals surface area contributed by atoms with Crippen molar-refractivity contribution in [1.82, 2.24) is 10.7 Å². The van der Waals surface area contributed by atoms with Crippen molar-refractivity contribution in [1.29, 1.82) is 0 Å². The third kappa shape index (κ3) is 7.35. The van der Waals surface area contributed by atoms with Crippen molar-refractivity contribution in [3.05, 3.63) is 111 Å². The third-order valence-corrected chi connectivity index (χ3v) is 4.58. The molecule has 11 heteroatoms. The second kappa shape index (κ2) is 12.2. The molecule has 0 spiro atoms. The second-order valence-electron chi connectivity index (χ2n) is 7.15. The second-order valence-corrected chi connectivity index (χ2v) is 7.15. The Morgan fingerprint density at radius 3 is 2.31 bits per heavy atom. The molecule has 182 valence electrons. The lowest BCUT2D eigenvalue weighted by Crippen LogP contribution is -2.32. The first-order chi connectivity index (χ1) is 17.3. The van der Waals surface area contributed by atoms with Crippen LogP contribution in [0.4, 0.5) is 5.69 Å². The summed E-state index contributed by atoms with van der Waals surface area (Å²) < 4.78 is 5.19. The van der Waals surface area contributed by atoms with Gasteiger partial charge >= 0.3 is 5.97 Å². The Bertz CT molecular complexity index is 1320. The van der Waals surface area contributed by atoms with Crippen molar-refractivity contribution in [3.8, 4) is 5.75 Å². The smallest absolute Gasteiger partial charge is 0.341 e. The van der Waals surface area contributed by atoms with Gasteiger partial charge in [-0.25, -0.2) is 10.2 Å². The molecule has 0 heterocycles. The Balaban J connectivity index is 1.81. The highest BCUT2D eigenvalue weighted by Gasteiger charge is 2.15. The van der Waals surface area contributed by atoms with Gasteiger partial charge in [0, 0.05) is 23.3 Å². The molecule has 3 N–H and O–H groups in total. The zero-order valence-electron chi connectivity index (χ0n) is 18.7. The number of hydrogen-bond donors (Lipinski definition) is 3. The number of carboxylic acids is 1. The van der Waals surface area contributed by atoms with Crippen LogP contribution >= 0.6 is 0 Å². The molecule has 0 saturated carbocycles. The van der Waals surface area contributed by atoms with Crippen molar-refractivity contribution < 1.29 is 29.2 Å². The predicted molar refractivity (Wildman–Crippen MR) is 130 cm³/mol. The van der Waals surface area contributed by atoms with Crippen LogP contribution in [0.15, 0.2) is 89.7 Å². The Kier molecular flexibility index (Phi) is 8.60. The summed E-state index contributed by atoms with van der Waals surface area (Å²) in [6, 6.07) is 20.1. The van der Waals surface area contributed by atoms with Crippen LogP contribution in [0.1, 0.15) is 21.5 Å². The molecule has 0 saturated heterocycles. The highest BCUT2D eigenvalue weighted by atomic mass is 16.6. The number of nitrogens with zero attached hydrogens (tertiary/aromatic N) is 2. The van der Waals surface area contributed by atoms with Gasteiger partial charge in [-0.3, -0.25) is 19.7 Å². The van der Waals surface area contributed by atoms with Crippen molar-refractivity contribution in [2.75, 3.05) is 6.61 Å². The van der Waals surface area contributed by atoms with Gasteiger partial charge in [-0.05, 0) is 48.0 Å². The van der Waals surface area contributed by atoms with Crippen molar-refractivity contribution >= 4 is 35.8 Å². The van der Waals surface area contributed by atoms with Crippen LogP contribution in [0.25, 0.3) is 6.08 Å². The van der Waals surface area contributed by atoms with E-state index in [1.54, 1.807) is 54.6 Å². The average Bonchev–Trinajstić information content (AvgIpc) is 2.88. The van der Waals surface area contributed by atoms with Crippen LogP contribution in [0, 0.1) is 10.1 Å². The molecule has 0 aliphatic carbocycles. The number of hydrazone groups is 1. The highest BCUT2D eigenvalue weighted by Crippen LogP contribution is 2.16. The first kappa shape index (κ1) is 25.3. The van der Waals surface area contributed by atoms with E-state index in [0.29, 0.717) is 16.7 Å². The van der Waals surface area contributed by atoms with Gasteiger partial charge in [0.05, 0.1) is 11.1 Å². The maximum atomic E-state index is 12.9. The zero-order chi connectivity index (χ0) is 25.9. The van der Waals surface area contributed by atoms with E-state index >= 15 is 0 Å². The first-order valence-corrected chi connectivity index (χ1v) is 10.4. The van der Waals surface area contributed by atoms with Gasteiger partial charge in [-0.1, -0.05) is 30.3 Å². The number of hydrogen-bond acceptors (Lipinski definition) is 7. The molecule has 0 bridgehead atoms. The molecule has 11 nitrogen and oxygen atoms in total. The quantitative estimate of drug-likeness (QED) is 0.171. The van der Waals surface area contributed by atoms with Crippen LogP contribution in [0.2, 0.25) is 0 Å². The van der Waals surface area contributed by atoms with E-state index in [9.17, 15) is 24.5 Å². The molecule has 0 aromatic heterocycles. The fourth-order valence-corrected chi connectivity index (χ4v) is 2.88. The Labute approximate surface area is 204 Å². The molecule has 0 fully saturated rings. The summed E-state index contributed by atoms with van der Waals surface area (Å²) in [6.07, 6.45) is 2.61. The maximum Gasteiger partial charge on any atom is 0.341 e. The van der Waals surface area contributed by atoms with Gasteiger partial charge in [0.25, 0.3) is 17.5 Å². The number of rotatable bonds is 10. The number of para-hydroxylation sites is 1. The van der Waals surface area contributed by atoms with Crippen LogP contribution in [-0.2, 0) is 9.59 Å². The number of carbonyl (C=O) groups excluding carboxylic acids is 2. The summed E-state index contributed by atoms with van der Waals surface area (Å²) in [5.41, 5.74) is 3.16. The standard InChI is InChI=1S/C25H20N4O7/c30-23(31)16-36-22-9-5-4-8-19(22)15-26-28-25(33)21(27-24(32)18-6-2-1-3-7-18)14-17-10-12-20(13-11-17)29(34)35/h1-15H,16H2,(H,27,32)(H,28,33)(H,30,31)/b21-14-,26-15-. The number of nitro groups is 1. The lowest BCUT2D eigenvalue weighted by molar-refractivity contribution is -0.384. The van der Waals surface area contributed by atoms with E-state index in [1.807, 2.05) is 0 Å². The molecular weight excluding hydrogens is 468 g/mol. The largest absolute Gasteiger partial charge is 0.481 e. The summed E-state index contributed by atoms with van der Waals surface area (Å²) in [6.45, 7) is -0.551. The number of aliphatic carboxylic acids is 1. The fourth-order valence-electron chi connectivity index (χ4n) is 2.88. The van der Waals surface area contributed by atoms with E-state index in [2.05, 4.69) is 15.8 Å². The number of nitro benzene ring substituents is 1. The molecule has 0 radical (unpaired) electrons. The lowest BCUT2D eigenvalue weighted by atomic mass is 10.1. The number of carboxylic acid groups (broad SMARTS) is 1. The lowest BCUT2D eigenvalue weighted by Gasteiger charge is -2.09. The van der Waals surface area contributed by atoms with Gasteiger partial charge in [-0.15, -0.1) is 0 Å². The van der Waals surface area contributed by atoms with E-state index in [-0.39, 0.29) is 17.1 Å². The minimum atomic E-state index is -1.15. The van der Waals surface area contributed by atoms with Gasteiger partial charge in [-0.2, -0.15) is 5.10 Å². The summed E-state index contributed by atoms with van der Waals surface area (Å²) in [5.74, 6) is -2.21. The normalized spacial score (nSPS) is 11.1. The molecular formula is C25H20N4O7. The number of non-ortho nitro benzene ring substituents is 1. The van der Waals surface area contributed by atoms with Crippen LogP contribution in [0.5, 0.6) is 5.75 Å². The first-order valence-electron chi connectivity index (χ1n) is 10.4. The van der Waals surface area contributed by atoms with Crippen LogP contribution in [-0.4, -0.2) is 40.6 Å². The Morgan fingerprint density at radius 1 is 0.972 bits per heavy atom. The molecule has 2 amide bonds.